The lowest BCUT2D eigenvalue weighted by Gasteiger charge is -2.26. The largest absolute Gasteiger partial charge is 0.508 e. The summed E-state index contributed by atoms with van der Waals surface area (Å²) in [5.74, 6) is -3.42. The van der Waals surface area contributed by atoms with Gasteiger partial charge in [-0.25, -0.2) is 4.79 Å². The molecule has 0 spiro atoms. The van der Waals surface area contributed by atoms with Gasteiger partial charge < -0.3 is 37.6 Å². The lowest BCUT2D eigenvalue weighted by atomic mass is 9.98. The summed E-state index contributed by atoms with van der Waals surface area (Å²) < 4.78 is 0. The van der Waals surface area contributed by atoms with E-state index in [-0.39, 0.29) is 23.8 Å². The van der Waals surface area contributed by atoms with Crippen molar-refractivity contribution in [3.05, 3.63) is 29.8 Å². The third kappa shape index (κ3) is 10.4. The lowest BCUT2D eigenvalue weighted by Crippen LogP contribution is -2.58. The fourth-order valence-corrected chi connectivity index (χ4v) is 3.66. The third-order valence-corrected chi connectivity index (χ3v) is 6.27. The molecule has 1 aromatic carbocycles. The predicted molar refractivity (Wildman–Crippen MR) is 139 cm³/mol. The lowest BCUT2D eigenvalue weighted by molar-refractivity contribution is -0.143. The molecule has 1 aromatic rings. The number of carbonyl (C=O) groups excluding carboxylic acids is 3. The number of aliphatic carboxylic acids is 1. The zero-order valence-corrected chi connectivity index (χ0v) is 21.7. The molecule has 11 nitrogen and oxygen atoms in total. The van der Waals surface area contributed by atoms with Crippen LogP contribution in [0.2, 0.25) is 0 Å². The maximum absolute atomic E-state index is 13.1. The van der Waals surface area contributed by atoms with Crippen LogP contribution in [0.1, 0.15) is 45.1 Å². The maximum atomic E-state index is 13.1. The van der Waals surface area contributed by atoms with Gasteiger partial charge in [0.05, 0.1) is 6.04 Å². The number of thiol groups is 1. The number of rotatable bonds is 16. The Hall–Kier alpha value is -2.83. The molecular weight excluding hydrogens is 486 g/mol. The number of nitrogens with two attached hydrogens (primary N) is 2. The molecule has 0 aliphatic carbocycles. The maximum Gasteiger partial charge on any atom is 0.326 e. The number of hydrogen-bond donors (Lipinski definition) is 8. The number of nitrogens with one attached hydrogen (secondary N) is 3. The summed E-state index contributed by atoms with van der Waals surface area (Å²) in [6.07, 6.45) is 2.34. The van der Waals surface area contributed by atoms with Gasteiger partial charge >= 0.3 is 5.97 Å². The second-order valence-electron chi connectivity index (χ2n) is 8.78. The first-order valence-electron chi connectivity index (χ1n) is 12.0. The summed E-state index contributed by atoms with van der Waals surface area (Å²) in [6.45, 7) is 4.00. The van der Waals surface area contributed by atoms with Gasteiger partial charge in [-0.2, -0.15) is 12.6 Å². The highest BCUT2D eigenvalue weighted by molar-refractivity contribution is 7.80. The van der Waals surface area contributed by atoms with E-state index in [2.05, 4.69) is 28.6 Å². The predicted octanol–water partition coefficient (Wildman–Crippen LogP) is -0.0941. The summed E-state index contributed by atoms with van der Waals surface area (Å²) in [5, 5.41) is 26.8. The first-order valence-corrected chi connectivity index (χ1v) is 12.7. The van der Waals surface area contributed by atoms with Gasteiger partial charge in [0.25, 0.3) is 0 Å². The Morgan fingerprint density at radius 2 is 1.56 bits per heavy atom. The van der Waals surface area contributed by atoms with Gasteiger partial charge in [-0.05, 0) is 43.0 Å². The van der Waals surface area contributed by atoms with Crippen molar-refractivity contribution in [1.29, 1.82) is 0 Å². The molecule has 12 heteroatoms. The minimum absolute atomic E-state index is 0.0243. The molecule has 0 aromatic heterocycles. The highest BCUT2D eigenvalue weighted by atomic mass is 32.1. The van der Waals surface area contributed by atoms with E-state index in [9.17, 15) is 29.4 Å². The Bertz CT molecular complexity index is 869. The molecule has 0 bridgehead atoms. The number of phenols is 1. The Morgan fingerprint density at radius 3 is 2.08 bits per heavy atom. The third-order valence-electron chi connectivity index (χ3n) is 5.91. The molecule has 1 rings (SSSR count). The van der Waals surface area contributed by atoms with Crippen LogP contribution in [0.3, 0.4) is 0 Å². The first kappa shape index (κ1) is 31.2. The van der Waals surface area contributed by atoms with E-state index in [0.29, 0.717) is 31.4 Å². The van der Waals surface area contributed by atoms with Crippen molar-refractivity contribution in [2.45, 2.75) is 70.1 Å². The molecule has 202 valence electrons. The molecule has 9 N–H and O–H groups in total. The molecule has 0 aliphatic heterocycles. The van der Waals surface area contributed by atoms with E-state index in [1.54, 1.807) is 19.1 Å². The summed E-state index contributed by atoms with van der Waals surface area (Å²) in [6, 6.07) is 1.87. The quantitative estimate of drug-likeness (QED) is 0.108. The van der Waals surface area contributed by atoms with E-state index in [4.69, 9.17) is 11.5 Å². The van der Waals surface area contributed by atoms with Crippen LogP contribution < -0.4 is 27.4 Å². The molecule has 36 heavy (non-hydrogen) atoms. The normalized spacial score (nSPS) is 15.1. The van der Waals surface area contributed by atoms with Crippen molar-refractivity contribution < 1.29 is 29.4 Å². The van der Waals surface area contributed by atoms with E-state index in [0.717, 1.165) is 6.42 Å². The van der Waals surface area contributed by atoms with Crippen LogP contribution in [0.5, 0.6) is 5.75 Å². The van der Waals surface area contributed by atoms with E-state index >= 15 is 0 Å². The van der Waals surface area contributed by atoms with Crippen LogP contribution in [-0.2, 0) is 25.6 Å². The molecule has 0 fully saturated rings. The van der Waals surface area contributed by atoms with E-state index in [1.807, 2.05) is 6.92 Å². The van der Waals surface area contributed by atoms with Crippen LogP contribution in [0.4, 0.5) is 0 Å². The van der Waals surface area contributed by atoms with Crippen LogP contribution >= 0.6 is 12.6 Å². The average molecular weight is 526 g/mol. The van der Waals surface area contributed by atoms with Gasteiger partial charge in [-0.15, -0.1) is 0 Å². The van der Waals surface area contributed by atoms with Crippen molar-refractivity contribution in [3.63, 3.8) is 0 Å². The van der Waals surface area contributed by atoms with Gasteiger partial charge in [0.1, 0.15) is 23.9 Å². The van der Waals surface area contributed by atoms with Gasteiger partial charge in [0.15, 0.2) is 0 Å². The second kappa shape index (κ2) is 16.0. The molecule has 0 aliphatic rings. The molecular formula is C24H39N5O6S. The molecule has 0 saturated carbocycles. The number of amides is 3. The van der Waals surface area contributed by atoms with Crippen LogP contribution in [0, 0.1) is 5.92 Å². The number of benzene rings is 1. The summed E-state index contributed by atoms with van der Waals surface area (Å²) in [4.78, 5) is 50.2. The van der Waals surface area contributed by atoms with Gasteiger partial charge in [0.2, 0.25) is 17.7 Å². The minimum atomic E-state index is -1.18. The zero-order chi connectivity index (χ0) is 27.3. The summed E-state index contributed by atoms with van der Waals surface area (Å²) in [7, 11) is 0. The van der Waals surface area contributed by atoms with Crippen molar-refractivity contribution in [2.75, 3.05) is 12.3 Å². The van der Waals surface area contributed by atoms with Crippen LogP contribution in [0.25, 0.3) is 0 Å². The fraction of sp³-hybridized carbons (Fsp3) is 0.583. The Kier molecular flexibility index (Phi) is 13.9. The molecule has 0 saturated heterocycles. The smallest absolute Gasteiger partial charge is 0.326 e. The number of phenolic OH excluding ortho intramolecular Hbond substituents is 1. The van der Waals surface area contributed by atoms with Crippen molar-refractivity contribution >= 4 is 36.3 Å². The average Bonchev–Trinajstić information content (AvgIpc) is 2.85. The van der Waals surface area contributed by atoms with Crippen LogP contribution in [0.15, 0.2) is 24.3 Å². The number of carboxylic acids is 1. The van der Waals surface area contributed by atoms with E-state index < -0.39 is 47.9 Å². The van der Waals surface area contributed by atoms with Gasteiger partial charge in [-0.1, -0.05) is 38.8 Å². The Balaban J connectivity index is 3.02. The standard InChI is InChI=1S/C24H39N5O6S/c1-3-14(2)20(24(34)35)29-22(32)18(12-15-7-9-16(30)10-8-15)27-23(33)19(13-36)28-21(31)17(26)6-4-5-11-25/h7-10,14,17-20,30,36H,3-6,11-13,25-26H2,1-2H3,(H,27,33)(H,28,31)(H,29,32)(H,34,35). The molecule has 3 amide bonds. The van der Waals surface area contributed by atoms with Crippen molar-refractivity contribution in [3.8, 4) is 5.75 Å². The number of aromatic hydroxyl groups is 1. The number of carboxylic acid groups (broad SMARTS) is 1. The SMILES string of the molecule is CCC(C)C(NC(=O)C(Cc1ccc(O)cc1)NC(=O)C(CS)NC(=O)C(N)CCCCN)C(=O)O. The second-order valence-corrected chi connectivity index (χ2v) is 9.14. The highest BCUT2D eigenvalue weighted by Gasteiger charge is 2.31. The highest BCUT2D eigenvalue weighted by Crippen LogP contribution is 2.13. The zero-order valence-electron chi connectivity index (χ0n) is 20.8. The minimum Gasteiger partial charge on any atom is -0.508 e. The van der Waals surface area contributed by atoms with Crippen molar-refractivity contribution in [1.82, 2.24) is 16.0 Å². The first-order chi connectivity index (χ1) is 17.0. The van der Waals surface area contributed by atoms with Crippen LogP contribution in [-0.4, -0.2) is 70.4 Å². The fourth-order valence-electron chi connectivity index (χ4n) is 3.40. The summed E-state index contributed by atoms with van der Waals surface area (Å²) >= 11 is 4.15. The van der Waals surface area contributed by atoms with Gasteiger partial charge in [-0.3, -0.25) is 14.4 Å². The summed E-state index contributed by atoms with van der Waals surface area (Å²) in [5.41, 5.74) is 12.0. The molecule has 0 radical (unpaired) electrons. The number of hydrogen-bond acceptors (Lipinski definition) is 8. The van der Waals surface area contributed by atoms with E-state index in [1.165, 1.54) is 12.1 Å². The van der Waals surface area contributed by atoms with Crippen molar-refractivity contribution in [2.24, 2.45) is 17.4 Å². The molecule has 0 heterocycles. The monoisotopic (exact) mass is 525 g/mol. The Labute approximate surface area is 217 Å². The molecule has 5 unspecified atom stereocenters. The topological polar surface area (TPSA) is 197 Å². The number of unbranched alkanes of at least 4 members (excludes halogenated alkanes) is 1. The number of carbonyl (C=O) groups is 4. The Morgan fingerprint density at radius 1 is 0.972 bits per heavy atom. The van der Waals surface area contributed by atoms with Gasteiger partial charge in [0, 0.05) is 12.2 Å². The molecule has 5 atom stereocenters.